The molecule has 0 heterocycles. The summed E-state index contributed by atoms with van der Waals surface area (Å²) >= 11 is 0. The van der Waals surface area contributed by atoms with Crippen molar-refractivity contribution in [2.45, 2.75) is 30.6 Å². The summed E-state index contributed by atoms with van der Waals surface area (Å²) in [5, 5.41) is 0. The number of hydrogen-bond acceptors (Lipinski definition) is 0. The van der Waals surface area contributed by atoms with Crippen LogP contribution in [0.2, 0.25) is 0 Å². The first-order chi connectivity index (χ1) is 29.0. The van der Waals surface area contributed by atoms with Crippen LogP contribution >= 0.6 is 0 Å². The van der Waals surface area contributed by atoms with E-state index in [1.165, 1.54) is 94.6 Å². The van der Waals surface area contributed by atoms with Crippen LogP contribution < -0.4 is 0 Å². The van der Waals surface area contributed by atoms with Crippen LogP contribution in [0.25, 0.3) is 44.5 Å². The molecule has 0 amide bonds. The topological polar surface area (TPSA) is 0 Å². The van der Waals surface area contributed by atoms with Crippen molar-refractivity contribution in [3.8, 4) is 44.5 Å². The molecule has 9 aromatic carbocycles. The van der Waals surface area contributed by atoms with E-state index in [0.717, 1.165) is 0 Å². The Morgan fingerprint density at radius 3 is 1.51 bits per heavy atom. The maximum atomic E-state index is 2.56. The minimum absolute atomic E-state index is 0.0211. The molecule has 0 radical (unpaired) electrons. The molecule has 9 aromatic rings. The maximum Gasteiger partial charge on any atom is 0.0713 e. The van der Waals surface area contributed by atoms with Crippen molar-refractivity contribution < 1.29 is 0 Å². The van der Waals surface area contributed by atoms with Crippen LogP contribution in [-0.2, 0) is 10.8 Å². The van der Waals surface area contributed by atoms with Gasteiger partial charge in [0.05, 0.1) is 5.41 Å². The van der Waals surface area contributed by atoms with Crippen LogP contribution in [0.1, 0.15) is 69.8 Å². The summed E-state index contributed by atoms with van der Waals surface area (Å²) in [6.07, 6.45) is 0. The van der Waals surface area contributed by atoms with E-state index in [1.807, 2.05) is 0 Å². The predicted octanol–water partition coefficient (Wildman–Crippen LogP) is 14.9. The van der Waals surface area contributed by atoms with Crippen molar-refractivity contribution in [2.24, 2.45) is 0 Å². The third-order valence-corrected chi connectivity index (χ3v) is 13.3. The van der Waals surface area contributed by atoms with Crippen LogP contribution in [0.15, 0.2) is 224 Å². The Balaban J connectivity index is 1.17. The van der Waals surface area contributed by atoms with E-state index in [1.54, 1.807) is 0 Å². The Bertz CT molecular complexity index is 2990. The Morgan fingerprint density at radius 2 is 0.797 bits per heavy atom. The average Bonchev–Trinajstić information content (AvgIpc) is 3.73. The summed E-state index contributed by atoms with van der Waals surface area (Å²) < 4.78 is 0. The van der Waals surface area contributed by atoms with Gasteiger partial charge < -0.3 is 0 Å². The zero-order chi connectivity index (χ0) is 39.6. The normalized spacial score (nSPS) is 16.1. The van der Waals surface area contributed by atoms with Gasteiger partial charge in [-0.3, -0.25) is 0 Å². The van der Waals surface area contributed by atoms with Gasteiger partial charge in [-0.1, -0.05) is 238 Å². The smallest absolute Gasteiger partial charge is 0.0622 e. The van der Waals surface area contributed by atoms with Gasteiger partial charge >= 0.3 is 0 Å². The molecule has 0 nitrogen and oxygen atoms in total. The van der Waals surface area contributed by atoms with Crippen molar-refractivity contribution in [3.05, 3.63) is 275 Å². The van der Waals surface area contributed by atoms with E-state index in [2.05, 4.69) is 238 Å². The second kappa shape index (κ2) is 13.8. The molecule has 0 N–H and O–H groups in total. The van der Waals surface area contributed by atoms with Gasteiger partial charge in [0.2, 0.25) is 0 Å². The molecule has 0 spiro atoms. The molecule has 280 valence electrons. The van der Waals surface area contributed by atoms with E-state index in [-0.39, 0.29) is 11.3 Å². The molecule has 59 heavy (non-hydrogen) atoms. The zero-order valence-electron chi connectivity index (χ0n) is 33.4. The number of rotatable bonds is 7. The minimum atomic E-state index is -0.538. The molecule has 0 heteroatoms. The van der Waals surface area contributed by atoms with Gasteiger partial charge in [0.1, 0.15) is 0 Å². The number of fused-ring (bicyclic) bond motifs is 6. The van der Waals surface area contributed by atoms with Gasteiger partial charge in [0, 0.05) is 11.3 Å². The highest BCUT2D eigenvalue weighted by atomic mass is 14.5. The van der Waals surface area contributed by atoms with Crippen LogP contribution in [0.5, 0.6) is 0 Å². The third-order valence-electron chi connectivity index (χ3n) is 13.3. The fourth-order valence-electron chi connectivity index (χ4n) is 10.6. The third kappa shape index (κ3) is 5.44. The summed E-state index contributed by atoms with van der Waals surface area (Å²) in [5.41, 5.74) is 21.4. The fourth-order valence-corrected chi connectivity index (χ4v) is 10.6. The molecular weight excluding hydrogens is 709 g/mol. The van der Waals surface area contributed by atoms with Crippen LogP contribution in [0, 0.1) is 0 Å². The predicted molar refractivity (Wildman–Crippen MR) is 246 cm³/mol. The van der Waals surface area contributed by atoms with Gasteiger partial charge in [-0.05, 0) is 94.6 Å². The van der Waals surface area contributed by atoms with E-state index in [0.29, 0.717) is 0 Å². The summed E-state index contributed by atoms with van der Waals surface area (Å²) in [7, 11) is 0. The molecule has 0 saturated carbocycles. The lowest BCUT2D eigenvalue weighted by Gasteiger charge is -2.35. The first-order valence-electron chi connectivity index (χ1n) is 20.9. The standard InChI is InChI=1S/C59H44/c1-58(2)53-28-16-14-25-48(53)50-37-35-46(39-55(50)58)59(45-22-10-5-11-23-45)54-29-17-15-26-49(54)51-36-34-44(38-56(51)59)57(43-32-30-41(31-33-43)40-18-6-3-7-19-40)52-27-13-12-24-47(52)42-20-8-4-9-21-42/h3-39,57H,1-2H3. The number of benzene rings is 9. The second-order valence-electron chi connectivity index (χ2n) is 16.8. The summed E-state index contributed by atoms with van der Waals surface area (Å²) in [6, 6.07) is 84.0. The first-order valence-corrected chi connectivity index (χ1v) is 20.9. The van der Waals surface area contributed by atoms with Gasteiger partial charge in [-0.25, -0.2) is 0 Å². The van der Waals surface area contributed by atoms with Crippen molar-refractivity contribution in [3.63, 3.8) is 0 Å². The molecule has 0 aliphatic heterocycles. The molecule has 11 rings (SSSR count). The van der Waals surface area contributed by atoms with Gasteiger partial charge in [0.15, 0.2) is 0 Å². The Labute approximate surface area is 348 Å². The monoisotopic (exact) mass is 752 g/mol. The second-order valence-corrected chi connectivity index (χ2v) is 16.8. The molecule has 0 bridgehead atoms. The van der Waals surface area contributed by atoms with Crippen LogP contribution in [0.3, 0.4) is 0 Å². The highest BCUT2D eigenvalue weighted by Gasteiger charge is 2.47. The molecular formula is C59H44. The fraction of sp³-hybridized carbons (Fsp3) is 0.0847. The highest BCUT2D eigenvalue weighted by Crippen LogP contribution is 2.59. The van der Waals surface area contributed by atoms with E-state index in [4.69, 9.17) is 0 Å². The summed E-state index contributed by atoms with van der Waals surface area (Å²) in [5.74, 6) is -0.0211. The lowest BCUT2D eigenvalue weighted by molar-refractivity contribution is 0.655. The molecule has 2 aliphatic rings. The zero-order valence-corrected chi connectivity index (χ0v) is 33.4. The van der Waals surface area contributed by atoms with E-state index in [9.17, 15) is 0 Å². The average molecular weight is 753 g/mol. The summed E-state index contributed by atoms with van der Waals surface area (Å²) in [6.45, 7) is 4.78. The minimum Gasteiger partial charge on any atom is -0.0622 e. The van der Waals surface area contributed by atoms with Crippen molar-refractivity contribution in [2.75, 3.05) is 0 Å². The van der Waals surface area contributed by atoms with E-state index < -0.39 is 5.41 Å². The van der Waals surface area contributed by atoms with Gasteiger partial charge in [-0.15, -0.1) is 0 Å². The molecule has 2 aliphatic carbocycles. The molecule has 2 atom stereocenters. The molecule has 0 saturated heterocycles. The molecule has 0 fully saturated rings. The Hall–Kier alpha value is -7.02. The van der Waals surface area contributed by atoms with Gasteiger partial charge in [-0.2, -0.15) is 0 Å². The van der Waals surface area contributed by atoms with Gasteiger partial charge in [0.25, 0.3) is 0 Å². The molecule has 2 unspecified atom stereocenters. The van der Waals surface area contributed by atoms with Crippen molar-refractivity contribution >= 4 is 0 Å². The Morgan fingerprint density at radius 1 is 0.305 bits per heavy atom. The van der Waals surface area contributed by atoms with Crippen LogP contribution in [0.4, 0.5) is 0 Å². The van der Waals surface area contributed by atoms with Crippen molar-refractivity contribution in [1.29, 1.82) is 0 Å². The maximum absolute atomic E-state index is 2.56. The first kappa shape index (κ1) is 35.2. The molecule has 0 aromatic heterocycles. The quantitative estimate of drug-likeness (QED) is 0.142. The summed E-state index contributed by atoms with van der Waals surface area (Å²) in [4.78, 5) is 0. The highest BCUT2D eigenvalue weighted by molar-refractivity contribution is 5.88. The SMILES string of the molecule is CC1(C)c2ccccc2-c2ccc(C3(c4ccccc4)c4ccccc4-c4ccc(C(c5ccc(-c6ccccc6)cc5)c5ccccc5-c5ccccc5)cc43)cc21. The lowest BCUT2D eigenvalue weighted by atomic mass is 9.66. The Kier molecular flexibility index (Phi) is 8.24. The number of hydrogen-bond donors (Lipinski definition) is 0. The lowest BCUT2D eigenvalue weighted by Crippen LogP contribution is -2.29. The van der Waals surface area contributed by atoms with Crippen molar-refractivity contribution in [1.82, 2.24) is 0 Å². The van der Waals surface area contributed by atoms with Crippen LogP contribution in [-0.4, -0.2) is 0 Å². The largest absolute Gasteiger partial charge is 0.0713 e. The van der Waals surface area contributed by atoms with E-state index >= 15 is 0 Å².